The first kappa shape index (κ1) is 12.9. The highest BCUT2D eigenvalue weighted by Crippen LogP contribution is 2.34. The van der Waals surface area contributed by atoms with Crippen molar-refractivity contribution in [3.63, 3.8) is 0 Å². The van der Waals surface area contributed by atoms with Crippen molar-refractivity contribution in [3.05, 3.63) is 28.6 Å². The molecule has 2 N–H and O–H groups in total. The van der Waals surface area contributed by atoms with Crippen LogP contribution in [0.1, 0.15) is 4.88 Å². The van der Waals surface area contributed by atoms with Crippen LogP contribution in [0, 0.1) is 0 Å². The summed E-state index contributed by atoms with van der Waals surface area (Å²) < 4.78 is 10.5. The van der Waals surface area contributed by atoms with Crippen LogP contribution in [0.15, 0.2) is 23.7 Å². The zero-order chi connectivity index (χ0) is 13.0. The van der Waals surface area contributed by atoms with Crippen molar-refractivity contribution in [2.45, 2.75) is 6.42 Å². The van der Waals surface area contributed by atoms with E-state index < -0.39 is 0 Å². The fourth-order valence-corrected chi connectivity index (χ4v) is 2.60. The van der Waals surface area contributed by atoms with E-state index in [2.05, 4.69) is 4.98 Å². The topological polar surface area (TPSA) is 57.4 Å². The molecule has 0 aliphatic carbocycles. The van der Waals surface area contributed by atoms with Crippen LogP contribution in [0.5, 0.6) is 11.5 Å². The first-order chi connectivity index (χ1) is 8.80. The number of nitrogens with zero attached hydrogens (tertiary/aromatic N) is 1. The molecule has 18 heavy (non-hydrogen) atoms. The molecule has 0 saturated carbocycles. The van der Waals surface area contributed by atoms with Gasteiger partial charge in [-0.15, -0.1) is 11.3 Å². The van der Waals surface area contributed by atoms with Gasteiger partial charge in [0.2, 0.25) is 0 Å². The van der Waals surface area contributed by atoms with Crippen molar-refractivity contribution >= 4 is 11.3 Å². The van der Waals surface area contributed by atoms with Crippen molar-refractivity contribution in [3.8, 4) is 22.8 Å². The Morgan fingerprint density at radius 3 is 2.67 bits per heavy atom. The molecule has 1 aromatic heterocycles. The molecule has 0 unspecified atom stereocenters. The summed E-state index contributed by atoms with van der Waals surface area (Å²) in [4.78, 5) is 5.60. The van der Waals surface area contributed by atoms with Crippen LogP contribution in [0.25, 0.3) is 11.3 Å². The molecule has 0 amide bonds. The third kappa shape index (κ3) is 2.47. The van der Waals surface area contributed by atoms with E-state index in [1.54, 1.807) is 25.6 Å². The molecule has 0 aliphatic heterocycles. The lowest BCUT2D eigenvalue weighted by Crippen LogP contribution is -2.02. The number of nitrogens with two attached hydrogens (primary N) is 1. The molecular formula is C13H16N2O2S. The van der Waals surface area contributed by atoms with E-state index in [1.807, 2.05) is 23.7 Å². The standard InChI is InChI=1S/C13H16N2O2S/c1-16-10-4-3-9(7-11(10)17-2)13-12(5-6-14)18-8-15-13/h3-4,7-8H,5-6,14H2,1-2H3. The Kier molecular flexibility index (Phi) is 4.17. The predicted molar refractivity (Wildman–Crippen MR) is 73.4 cm³/mol. The molecule has 1 heterocycles. The first-order valence-corrected chi connectivity index (χ1v) is 6.53. The van der Waals surface area contributed by atoms with Gasteiger partial charge in [-0.2, -0.15) is 0 Å². The normalized spacial score (nSPS) is 10.4. The number of benzene rings is 1. The van der Waals surface area contributed by atoms with Crippen LogP contribution in [-0.4, -0.2) is 25.7 Å². The lowest BCUT2D eigenvalue weighted by molar-refractivity contribution is 0.355. The third-order valence-corrected chi connectivity index (χ3v) is 3.56. The van der Waals surface area contributed by atoms with Crippen LogP contribution in [-0.2, 0) is 6.42 Å². The van der Waals surface area contributed by atoms with Gasteiger partial charge in [0.25, 0.3) is 0 Å². The van der Waals surface area contributed by atoms with E-state index in [9.17, 15) is 0 Å². The minimum atomic E-state index is 0.627. The lowest BCUT2D eigenvalue weighted by Gasteiger charge is -2.09. The molecule has 2 aromatic rings. The van der Waals surface area contributed by atoms with Crippen molar-refractivity contribution in [2.75, 3.05) is 20.8 Å². The minimum absolute atomic E-state index is 0.627. The van der Waals surface area contributed by atoms with Gasteiger partial charge >= 0.3 is 0 Å². The molecule has 0 saturated heterocycles. The van der Waals surface area contributed by atoms with Gasteiger partial charge < -0.3 is 15.2 Å². The smallest absolute Gasteiger partial charge is 0.161 e. The zero-order valence-electron chi connectivity index (χ0n) is 10.5. The average Bonchev–Trinajstić information content (AvgIpc) is 2.86. The Labute approximate surface area is 110 Å². The Morgan fingerprint density at radius 1 is 1.22 bits per heavy atom. The van der Waals surface area contributed by atoms with E-state index in [-0.39, 0.29) is 0 Å². The maximum atomic E-state index is 5.60. The van der Waals surface area contributed by atoms with E-state index in [4.69, 9.17) is 15.2 Å². The Bertz CT molecular complexity index is 525. The number of methoxy groups -OCH3 is 2. The van der Waals surface area contributed by atoms with E-state index in [1.165, 1.54) is 4.88 Å². The molecule has 0 bridgehead atoms. The summed E-state index contributed by atoms with van der Waals surface area (Å²) in [7, 11) is 3.25. The van der Waals surface area contributed by atoms with Gasteiger partial charge in [-0.25, -0.2) is 4.98 Å². The third-order valence-electron chi connectivity index (χ3n) is 2.67. The summed E-state index contributed by atoms with van der Waals surface area (Å²) in [5.41, 5.74) is 9.45. The van der Waals surface area contributed by atoms with Crippen molar-refractivity contribution < 1.29 is 9.47 Å². The van der Waals surface area contributed by atoms with E-state index in [0.717, 1.165) is 23.4 Å². The summed E-state index contributed by atoms with van der Waals surface area (Å²) in [6, 6.07) is 5.81. The molecule has 0 spiro atoms. The highest BCUT2D eigenvalue weighted by Gasteiger charge is 2.11. The maximum Gasteiger partial charge on any atom is 0.161 e. The fourth-order valence-electron chi connectivity index (χ4n) is 1.80. The number of thiazole rings is 1. The van der Waals surface area contributed by atoms with Crippen molar-refractivity contribution in [1.29, 1.82) is 0 Å². The second kappa shape index (κ2) is 5.84. The number of rotatable bonds is 5. The molecule has 4 nitrogen and oxygen atoms in total. The van der Waals surface area contributed by atoms with Gasteiger partial charge in [0.05, 0.1) is 25.4 Å². The van der Waals surface area contributed by atoms with Gasteiger partial charge in [-0.1, -0.05) is 0 Å². The lowest BCUT2D eigenvalue weighted by atomic mass is 10.1. The number of hydrogen-bond donors (Lipinski definition) is 1. The average molecular weight is 264 g/mol. The predicted octanol–water partition coefficient (Wildman–Crippen LogP) is 2.33. The van der Waals surface area contributed by atoms with Crippen molar-refractivity contribution in [2.24, 2.45) is 5.73 Å². The highest BCUT2D eigenvalue weighted by atomic mass is 32.1. The second-order valence-corrected chi connectivity index (χ2v) is 4.67. The molecule has 0 atom stereocenters. The van der Waals surface area contributed by atoms with Gasteiger partial charge in [-0.05, 0) is 31.2 Å². The summed E-state index contributed by atoms with van der Waals surface area (Å²) >= 11 is 1.63. The zero-order valence-corrected chi connectivity index (χ0v) is 11.3. The van der Waals surface area contributed by atoms with Gasteiger partial charge in [0, 0.05) is 10.4 Å². The van der Waals surface area contributed by atoms with Crippen LogP contribution in [0.3, 0.4) is 0 Å². The molecule has 1 aromatic carbocycles. The van der Waals surface area contributed by atoms with Crippen LogP contribution in [0.4, 0.5) is 0 Å². The quantitative estimate of drug-likeness (QED) is 0.900. The fraction of sp³-hybridized carbons (Fsp3) is 0.308. The molecule has 0 radical (unpaired) electrons. The Morgan fingerprint density at radius 2 is 2.00 bits per heavy atom. The second-order valence-electron chi connectivity index (χ2n) is 3.73. The molecule has 0 fully saturated rings. The summed E-state index contributed by atoms with van der Waals surface area (Å²) in [5.74, 6) is 1.43. The Hall–Kier alpha value is -1.59. The largest absolute Gasteiger partial charge is 0.493 e. The summed E-state index contributed by atoms with van der Waals surface area (Å²) in [6.07, 6.45) is 0.842. The molecular weight excluding hydrogens is 248 g/mol. The van der Waals surface area contributed by atoms with Crippen molar-refractivity contribution in [1.82, 2.24) is 4.98 Å². The summed E-state index contributed by atoms with van der Waals surface area (Å²) in [6.45, 7) is 0.627. The van der Waals surface area contributed by atoms with E-state index in [0.29, 0.717) is 12.3 Å². The monoisotopic (exact) mass is 264 g/mol. The first-order valence-electron chi connectivity index (χ1n) is 5.65. The molecule has 0 aliphatic rings. The van der Waals surface area contributed by atoms with Gasteiger partial charge in [0.15, 0.2) is 11.5 Å². The number of hydrogen-bond acceptors (Lipinski definition) is 5. The SMILES string of the molecule is COc1ccc(-c2ncsc2CCN)cc1OC. The van der Waals surface area contributed by atoms with Crippen LogP contribution >= 0.6 is 11.3 Å². The van der Waals surface area contributed by atoms with E-state index >= 15 is 0 Å². The number of ether oxygens (including phenoxy) is 2. The molecule has 96 valence electrons. The Balaban J connectivity index is 2.41. The maximum absolute atomic E-state index is 5.60. The number of aromatic nitrogens is 1. The van der Waals surface area contributed by atoms with Gasteiger partial charge in [-0.3, -0.25) is 0 Å². The minimum Gasteiger partial charge on any atom is -0.493 e. The summed E-state index contributed by atoms with van der Waals surface area (Å²) in [5, 5.41) is 0. The highest BCUT2D eigenvalue weighted by molar-refractivity contribution is 7.10. The van der Waals surface area contributed by atoms with Gasteiger partial charge in [0.1, 0.15) is 0 Å². The van der Waals surface area contributed by atoms with Crippen LogP contribution in [0.2, 0.25) is 0 Å². The van der Waals surface area contributed by atoms with Crippen LogP contribution < -0.4 is 15.2 Å². The molecule has 2 rings (SSSR count). The molecule has 5 heteroatoms.